The zero-order valence-electron chi connectivity index (χ0n) is 9.21. The predicted molar refractivity (Wildman–Crippen MR) is 60.1 cm³/mol. The normalized spacial score (nSPS) is 15.1. The molecule has 78 valence electrons. The highest BCUT2D eigenvalue weighted by Crippen LogP contribution is 2.35. The zero-order valence-corrected chi connectivity index (χ0v) is 9.21. The van der Waals surface area contributed by atoms with Crippen LogP contribution < -0.4 is 0 Å². The quantitative estimate of drug-likeness (QED) is 0.706. The van der Waals surface area contributed by atoms with E-state index in [4.69, 9.17) is 4.42 Å². The van der Waals surface area contributed by atoms with Crippen molar-refractivity contribution in [2.75, 3.05) is 0 Å². The van der Waals surface area contributed by atoms with E-state index in [0.717, 1.165) is 17.5 Å². The number of hydrogen-bond acceptors (Lipinski definition) is 2. The van der Waals surface area contributed by atoms with Crippen LogP contribution in [0.15, 0.2) is 16.9 Å². The minimum absolute atomic E-state index is 0.581. The number of benzene rings is 1. The van der Waals surface area contributed by atoms with E-state index >= 15 is 0 Å². The lowest BCUT2D eigenvalue weighted by molar-refractivity contribution is 0.598. The summed E-state index contributed by atoms with van der Waals surface area (Å²) < 4.78 is 5.48. The van der Waals surface area contributed by atoms with Crippen molar-refractivity contribution >= 4 is 11.1 Å². The van der Waals surface area contributed by atoms with Gasteiger partial charge in [-0.3, -0.25) is 0 Å². The molecule has 3 rings (SSSR count). The molecular formula is C13H15NO. The Labute approximate surface area is 89.3 Å². The minimum Gasteiger partial charge on any atom is -0.443 e. The second-order valence-electron chi connectivity index (χ2n) is 4.63. The third-order valence-electron chi connectivity index (χ3n) is 3.35. The van der Waals surface area contributed by atoms with E-state index in [9.17, 15) is 0 Å². The molecule has 0 fully saturated rings. The van der Waals surface area contributed by atoms with Crippen LogP contribution in [0.5, 0.6) is 0 Å². The van der Waals surface area contributed by atoms with Gasteiger partial charge in [0.2, 0.25) is 0 Å². The number of aromatic nitrogens is 1. The summed E-state index contributed by atoms with van der Waals surface area (Å²) in [5.74, 6) is 0.581. The average molecular weight is 201 g/mol. The molecular weight excluding hydrogens is 186 g/mol. The first-order valence-electron chi connectivity index (χ1n) is 5.65. The van der Waals surface area contributed by atoms with Gasteiger partial charge in [0.1, 0.15) is 5.52 Å². The minimum atomic E-state index is 0.581. The SMILES string of the molecule is CC(C)c1cc2ncoc2c2c1CCC2. The highest BCUT2D eigenvalue weighted by molar-refractivity contribution is 5.79. The number of oxazole rings is 1. The molecule has 0 aliphatic heterocycles. The van der Waals surface area contributed by atoms with Crippen LogP contribution in [-0.4, -0.2) is 4.98 Å². The van der Waals surface area contributed by atoms with Crippen molar-refractivity contribution in [2.24, 2.45) is 0 Å². The molecule has 1 aromatic heterocycles. The Morgan fingerprint density at radius 3 is 2.87 bits per heavy atom. The van der Waals surface area contributed by atoms with Crippen molar-refractivity contribution in [1.82, 2.24) is 4.98 Å². The standard InChI is InChI=1S/C13H15NO/c1-8(2)11-6-12-13(15-7-14-12)10-5-3-4-9(10)11/h6-8H,3-5H2,1-2H3. The monoisotopic (exact) mass is 201 g/mol. The Balaban J connectivity index is 2.37. The van der Waals surface area contributed by atoms with Crippen molar-refractivity contribution < 1.29 is 4.42 Å². The van der Waals surface area contributed by atoms with Gasteiger partial charge in [0.15, 0.2) is 12.0 Å². The molecule has 0 atom stereocenters. The fourth-order valence-electron chi connectivity index (χ4n) is 2.65. The summed E-state index contributed by atoms with van der Waals surface area (Å²) in [4.78, 5) is 4.27. The fourth-order valence-corrected chi connectivity index (χ4v) is 2.65. The highest BCUT2D eigenvalue weighted by atomic mass is 16.3. The van der Waals surface area contributed by atoms with Gasteiger partial charge in [-0.1, -0.05) is 13.8 Å². The van der Waals surface area contributed by atoms with Crippen molar-refractivity contribution in [3.63, 3.8) is 0 Å². The van der Waals surface area contributed by atoms with Gasteiger partial charge >= 0.3 is 0 Å². The zero-order chi connectivity index (χ0) is 10.4. The summed E-state index contributed by atoms with van der Waals surface area (Å²) >= 11 is 0. The largest absolute Gasteiger partial charge is 0.443 e. The Morgan fingerprint density at radius 2 is 2.07 bits per heavy atom. The van der Waals surface area contributed by atoms with Crippen molar-refractivity contribution in [3.05, 3.63) is 29.2 Å². The van der Waals surface area contributed by atoms with Gasteiger partial charge in [0.25, 0.3) is 0 Å². The summed E-state index contributed by atoms with van der Waals surface area (Å²) in [7, 11) is 0. The first-order valence-corrected chi connectivity index (χ1v) is 5.65. The second-order valence-corrected chi connectivity index (χ2v) is 4.63. The third kappa shape index (κ3) is 1.21. The Morgan fingerprint density at radius 1 is 1.27 bits per heavy atom. The van der Waals surface area contributed by atoms with Crippen molar-refractivity contribution in [2.45, 2.75) is 39.0 Å². The molecule has 1 aliphatic rings. The Hall–Kier alpha value is -1.31. The first kappa shape index (κ1) is 8.96. The summed E-state index contributed by atoms with van der Waals surface area (Å²) in [5.41, 5.74) is 6.44. The van der Waals surface area contributed by atoms with Crippen LogP contribution in [-0.2, 0) is 12.8 Å². The third-order valence-corrected chi connectivity index (χ3v) is 3.35. The Kier molecular flexibility index (Phi) is 1.84. The van der Waals surface area contributed by atoms with E-state index in [1.165, 1.54) is 29.5 Å². The van der Waals surface area contributed by atoms with E-state index in [2.05, 4.69) is 24.9 Å². The van der Waals surface area contributed by atoms with Crippen LogP contribution in [0, 0.1) is 0 Å². The molecule has 0 N–H and O–H groups in total. The van der Waals surface area contributed by atoms with E-state index in [0.29, 0.717) is 5.92 Å². The molecule has 1 aliphatic carbocycles. The topological polar surface area (TPSA) is 26.0 Å². The maximum Gasteiger partial charge on any atom is 0.181 e. The molecule has 2 aromatic rings. The van der Waals surface area contributed by atoms with Crippen LogP contribution >= 0.6 is 0 Å². The summed E-state index contributed by atoms with van der Waals surface area (Å²) in [6, 6.07) is 2.20. The summed E-state index contributed by atoms with van der Waals surface area (Å²) in [6.45, 7) is 4.50. The van der Waals surface area contributed by atoms with Gasteiger partial charge < -0.3 is 4.42 Å². The van der Waals surface area contributed by atoms with E-state index < -0.39 is 0 Å². The summed E-state index contributed by atoms with van der Waals surface area (Å²) in [6.07, 6.45) is 5.18. The molecule has 0 unspecified atom stereocenters. The molecule has 15 heavy (non-hydrogen) atoms. The molecule has 1 aromatic carbocycles. The number of rotatable bonds is 1. The Bertz CT molecular complexity index is 510. The van der Waals surface area contributed by atoms with Crippen LogP contribution in [0.1, 0.15) is 42.9 Å². The highest BCUT2D eigenvalue weighted by Gasteiger charge is 2.21. The summed E-state index contributed by atoms with van der Waals surface area (Å²) in [5, 5.41) is 0. The van der Waals surface area contributed by atoms with Crippen LogP contribution in [0.4, 0.5) is 0 Å². The van der Waals surface area contributed by atoms with Crippen LogP contribution in [0.3, 0.4) is 0 Å². The number of aryl methyl sites for hydroxylation is 1. The lowest BCUT2D eigenvalue weighted by atomic mass is 9.94. The number of hydrogen-bond donors (Lipinski definition) is 0. The molecule has 0 amide bonds. The lowest BCUT2D eigenvalue weighted by Gasteiger charge is -2.11. The van der Waals surface area contributed by atoms with Gasteiger partial charge in [-0.05, 0) is 42.4 Å². The van der Waals surface area contributed by atoms with Gasteiger partial charge in [-0.25, -0.2) is 4.98 Å². The van der Waals surface area contributed by atoms with Gasteiger partial charge in [-0.2, -0.15) is 0 Å². The molecule has 0 radical (unpaired) electrons. The number of fused-ring (bicyclic) bond motifs is 3. The maximum atomic E-state index is 5.48. The van der Waals surface area contributed by atoms with E-state index in [1.54, 1.807) is 6.39 Å². The maximum absolute atomic E-state index is 5.48. The lowest BCUT2D eigenvalue weighted by Crippen LogP contribution is -1.96. The van der Waals surface area contributed by atoms with E-state index in [-0.39, 0.29) is 0 Å². The van der Waals surface area contributed by atoms with Crippen LogP contribution in [0.2, 0.25) is 0 Å². The van der Waals surface area contributed by atoms with Crippen molar-refractivity contribution in [1.29, 1.82) is 0 Å². The smallest absolute Gasteiger partial charge is 0.181 e. The average Bonchev–Trinajstić information content (AvgIpc) is 2.83. The predicted octanol–water partition coefficient (Wildman–Crippen LogP) is 3.44. The first-order chi connectivity index (χ1) is 7.27. The molecule has 0 saturated heterocycles. The molecule has 0 saturated carbocycles. The van der Waals surface area contributed by atoms with Crippen molar-refractivity contribution in [3.8, 4) is 0 Å². The second kappa shape index (κ2) is 3.09. The van der Waals surface area contributed by atoms with E-state index in [1.807, 2.05) is 0 Å². The van der Waals surface area contributed by atoms with Gasteiger partial charge in [-0.15, -0.1) is 0 Å². The molecule has 0 bridgehead atoms. The molecule has 0 spiro atoms. The van der Waals surface area contributed by atoms with Crippen LogP contribution in [0.25, 0.3) is 11.1 Å². The molecule has 1 heterocycles. The molecule has 2 nitrogen and oxygen atoms in total. The van der Waals surface area contributed by atoms with Gasteiger partial charge in [0, 0.05) is 5.56 Å². The molecule has 2 heteroatoms. The van der Waals surface area contributed by atoms with Gasteiger partial charge in [0.05, 0.1) is 0 Å². The number of nitrogens with zero attached hydrogens (tertiary/aromatic N) is 1. The fraction of sp³-hybridized carbons (Fsp3) is 0.462.